The van der Waals surface area contributed by atoms with Gasteiger partial charge < -0.3 is 14.2 Å². The van der Waals surface area contributed by atoms with Gasteiger partial charge in [-0.2, -0.15) is 5.26 Å². The number of unbranched alkanes of at least 4 members (excludes halogenated alkanes) is 1. The molecule has 38 heavy (non-hydrogen) atoms. The number of carbonyl (C=O) groups excluding carboxylic acids is 2. The van der Waals surface area contributed by atoms with E-state index in [-0.39, 0.29) is 5.97 Å². The summed E-state index contributed by atoms with van der Waals surface area (Å²) in [6.07, 6.45) is 5.33. The first-order valence-corrected chi connectivity index (χ1v) is 12.7. The fourth-order valence-corrected chi connectivity index (χ4v) is 3.34. The highest BCUT2D eigenvalue weighted by atomic mass is 16.5. The summed E-state index contributed by atoms with van der Waals surface area (Å²) in [5.74, 6) is 0.548. The number of rotatable bonds is 12. The maximum atomic E-state index is 12.2. The molecule has 3 aromatic carbocycles. The average molecular weight is 512 g/mol. The molecule has 196 valence electrons. The molecule has 0 bridgehead atoms. The van der Waals surface area contributed by atoms with Gasteiger partial charge in [0.15, 0.2) is 0 Å². The molecule has 0 N–H and O–H groups in total. The minimum atomic E-state index is -0.473. The van der Waals surface area contributed by atoms with E-state index in [4.69, 9.17) is 19.5 Å². The molecule has 0 unspecified atom stereocenters. The van der Waals surface area contributed by atoms with Crippen LogP contribution in [-0.4, -0.2) is 25.2 Å². The van der Waals surface area contributed by atoms with E-state index in [0.29, 0.717) is 24.5 Å². The van der Waals surface area contributed by atoms with Crippen LogP contribution in [0, 0.1) is 16.7 Å². The van der Waals surface area contributed by atoms with Crippen molar-refractivity contribution < 1.29 is 23.8 Å². The summed E-state index contributed by atoms with van der Waals surface area (Å²) >= 11 is 0. The van der Waals surface area contributed by atoms with Crippen molar-refractivity contribution in [2.75, 3.05) is 13.2 Å². The Hall–Kier alpha value is -4.37. The second-order valence-corrected chi connectivity index (χ2v) is 9.47. The highest BCUT2D eigenvalue weighted by molar-refractivity contribution is 5.88. The standard InChI is InChI=1S/C32H33NO5/c1-4-32(2,3)31(35)37-22-6-5-21-36-28-16-9-24(10-17-28)11-20-30(34)38-29-18-14-27(15-19-29)26-12-7-25(23-33)8-13-26/h7-20H,4-6,21-22H2,1-3H3/b20-11+. The Morgan fingerprint density at radius 3 is 2.03 bits per heavy atom. The zero-order chi connectivity index (χ0) is 27.4. The van der Waals surface area contributed by atoms with Gasteiger partial charge in [-0.3, -0.25) is 4.79 Å². The van der Waals surface area contributed by atoms with Crippen molar-refractivity contribution >= 4 is 18.0 Å². The maximum absolute atomic E-state index is 12.2. The number of carbonyl (C=O) groups is 2. The number of esters is 2. The molecular weight excluding hydrogens is 478 g/mol. The first-order valence-electron chi connectivity index (χ1n) is 12.7. The smallest absolute Gasteiger partial charge is 0.336 e. The monoisotopic (exact) mass is 511 g/mol. The average Bonchev–Trinajstić information content (AvgIpc) is 2.94. The lowest BCUT2D eigenvalue weighted by Crippen LogP contribution is -2.26. The SMILES string of the molecule is CCC(C)(C)C(=O)OCCCCOc1ccc(/C=C/C(=O)Oc2ccc(-c3ccc(C#N)cc3)cc2)cc1. The van der Waals surface area contributed by atoms with Gasteiger partial charge in [0.25, 0.3) is 0 Å². The van der Waals surface area contributed by atoms with Crippen LogP contribution in [-0.2, 0) is 14.3 Å². The number of ether oxygens (including phenoxy) is 3. The number of nitriles is 1. The van der Waals surface area contributed by atoms with Crippen LogP contribution in [0.5, 0.6) is 11.5 Å². The van der Waals surface area contributed by atoms with Crippen LogP contribution < -0.4 is 9.47 Å². The molecule has 0 saturated carbocycles. The van der Waals surface area contributed by atoms with Gasteiger partial charge in [0.2, 0.25) is 0 Å². The van der Waals surface area contributed by atoms with Gasteiger partial charge in [-0.1, -0.05) is 43.3 Å². The Labute approximate surface area is 224 Å². The van der Waals surface area contributed by atoms with Crippen molar-refractivity contribution in [3.63, 3.8) is 0 Å². The molecule has 0 aliphatic carbocycles. The van der Waals surface area contributed by atoms with E-state index >= 15 is 0 Å². The fraction of sp³-hybridized carbons (Fsp3) is 0.281. The number of hydrogen-bond donors (Lipinski definition) is 0. The van der Waals surface area contributed by atoms with Crippen LogP contribution in [0.4, 0.5) is 0 Å². The van der Waals surface area contributed by atoms with Crippen LogP contribution in [0.3, 0.4) is 0 Å². The summed E-state index contributed by atoms with van der Waals surface area (Å²) in [6, 6.07) is 24.0. The lowest BCUT2D eigenvalue weighted by molar-refractivity contribution is -0.154. The van der Waals surface area contributed by atoms with Gasteiger partial charge in [-0.15, -0.1) is 0 Å². The minimum Gasteiger partial charge on any atom is -0.494 e. The molecule has 0 aliphatic rings. The van der Waals surface area contributed by atoms with Crippen molar-refractivity contribution in [1.82, 2.24) is 0 Å². The predicted molar refractivity (Wildman–Crippen MR) is 147 cm³/mol. The van der Waals surface area contributed by atoms with Crippen LogP contribution in [0.25, 0.3) is 17.2 Å². The summed E-state index contributed by atoms with van der Waals surface area (Å²) in [5.41, 5.74) is 2.95. The second-order valence-electron chi connectivity index (χ2n) is 9.47. The molecule has 3 aromatic rings. The molecule has 0 saturated heterocycles. The van der Waals surface area contributed by atoms with Gasteiger partial charge in [0.1, 0.15) is 11.5 Å². The predicted octanol–water partition coefficient (Wildman–Crippen LogP) is 6.98. The van der Waals surface area contributed by atoms with E-state index in [2.05, 4.69) is 6.07 Å². The molecule has 0 spiro atoms. The van der Waals surface area contributed by atoms with Gasteiger partial charge >= 0.3 is 11.9 Å². The summed E-state index contributed by atoms with van der Waals surface area (Å²) in [6.45, 7) is 6.67. The van der Waals surface area contributed by atoms with E-state index < -0.39 is 11.4 Å². The van der Waals surface area contributed by atoms with Gasteiger partial charge in [-0.05, 0) is 92.3 Å². The summed E-state index contributed by atoms with van der Waals surface area (Å²) < 4.78 is 16.5. The quantitative estimate of drug-likeness (QED) is 0.113. The van der Waals surface area contributed by atoms with E-state index in [1.807, 2.05) is 69.3 Å². The fourth-order valence-electron chi connectivity index (χ4n) is 3.34. The Bertz CT molecular complexity index is 1270. The lowest BCUT2D eigenvalue weighted by atomic mass is 9.91. The van der Waals surface area contributed by atoms with E-state index in [1.54, 1.807) is 30.3 Å². The van der Waals surface area contributed by atoms with Crippen molar-refractivity contribution in [1.29, 1.82) is 5.26 Å². The first-order chi connectivity index (χ1) is 18.3. The van der Waals surface area contributed by atoms with Gasteiger partial charge in [-0.25, -0.2) is 4.79 Å². The molecule has 0 atom stereocenters. The molecule has 0 amide bonds. The zero-order valence-electron chi connectivity index (χ0n) is 22.1. The van der Waals surface area contributed by atoms with Crippen LogP contribution in [0.2, 0.25) is 0 Å². The molecule has 0 aliphatic heterocycles. The molecule has 0 fully saturated rings. The van der Waals surface area contributed by atoms with E-state index in [0.717, 1.165) is 41.7 Å². The maximum Gasteiger partial charge on any atom is 0.336 e. The summed E-state index contributed by atoms with van der Waals surface area (Å²) in [4.78, 5) is 24.2. The molecule has 0 radical (unpaired) electrons. The highest BCUT2D eigenvalue weighted by Gasteiger charge is 2.26. The Balaban J connectivity index is 1.39. The van der Waals surface area contributed by atoms with Crippen molar-refractivity contribution in [2.45, 2.75) is 40.0 Å². The van der Waals surface area contributed by atoms with Gasteiger partial charge in [0, 0.05) is 6.08 Å². The Morgan fingerprint density at radius 2 is 1.42 bits per heavy atom. The third-order valence-electron chi connectivity index (χ3n) is 6.19. The van der Waals surface area contributed by atoms with Gasteiger partial charge in [0.05, 0.1) is 30.3 Å². The highest BCUT2D eigenvalue weighted by Crippen LogP contribution is 2.23. The Morgan fingerprint density at radius 1 is 0.842 bits per heavy atom. The molecular formula is C32H33NO5. The van der Waals surface area contributed by atoms with E-state index in [9.17, 15) is 9.59 Å². The number of hydrogen-bond acceptors (Lipinski definition) is 6. The Kier molecular flexibility index (Phi) is 10.2. The molecule has 0 heterocycles. The molecule has 6 heteroatoms. The number of benzene rings is 3. The third-order valence-corrected chi connectivity index (χ3v) is 6.19. The minimum absolute atomic E-state index is 0.161. The van der Waals surface area contributed by atoms with E-state index in [1.165, 1.54) is 6.08 Å². The summed E-state index contributed by atoms with van der Waals surface area (Å²) in [5, 5.41) is 8.92. The normalized spacial score (nSPS) is 11.1. The van der Waals surface area contributed by atoms with Crippen molar-refractivity contribution in [2.24, 2.45) is 5.41 Å². The zero-order valence-corrected chi connectivity index (χ0v) is 22.1. The van der Waals surface area contributed by atoms with Crippen LogP contribution in [0.15, 0.2) is 78.9 Å². The first kappa shape index (κ1) is 28.2. The summed E-state index contributed by atoms with van der Waals surface area (Å²) in [7, 11) is 0. The molecule has 6 nitrogen and oxygen atoms in total. The second kappa shape index (κ2) is 13.8. The van der Waals surface area contributed by atoms with Crippen LogP contribution >= 0.6 is 0 Å². The molecule has 0 aromatic heterocycles. The van der Waals surface area contributed by atoms with Crippen molar-refractivity contribution in [3.05, 3.63) is 90.0 Å². The largest absolute Gasteiger partial charge is 0.494 e. The molecule has 3 rings (SSSR count). The lowest BCUT2D eigenvalue weighted by Gasteiger charge is -2.20. The number of nitrogens with zero attached hydrogens (tertiary/aromatic N) is 1. The topological polar surface area (TPSA) is 85.6 Å². The van der Waals surface area contributed by atoms with Crippen LogP contribution in [0.1, 0.15) is 51.2 Å². The third kappa shape index (κ3) is 8.63. The van der Waals surface area contributed by atoms with Crippen molar-refractivity contribution in [3.8, 4) is 28.7 Å².